The molecule has 0 spiro atoms. The Balaban J connectivity index is 1.44. The van der Waals surface area contributed by atoms with Crippen LogP contribution < -0.4 is 5.32 Å². The fourth-order valence-electron chi connectivity index (χ4n) is 2.87. The van der Waals surface area contributed by atoms with E-state index >= 15 is 0 Å². The number of benzene rings is 1. The first kappa shape index (κ1) is 15.9. The van der Waals surface area contributed by atoms with Crippen LogP contribution in [0.2, 0.25) is 0 Å². The molecule has 1 heterocycles. The highest BCUT2D eigenvalue weighted by atomic mass is 32.2. The van der Waals surface area contributed by atoms with Crippen molar-refractivity contribution in [2.75, 3.05) is 32.5 Å². The summed E-state index contributed by atoms with van der Waals surface area (Å²) in [5.41, 5.74) is 1.09. The summed E-state index contributed by atoms with van der Waals surface area (Å²) in [7, 11) is -3.11. The van der Waals surface area contributed by atoms with Gasteiger partial charge >= 0.3 is 0 Å². The Bertz CT molecular complexity index is 596. The third-order valence-electron chi connectivity index (χ3n) is 4.29. The molecule has 3 rings (SSSR count). The Kier molecular flexibility index (Phi) is 4.82. The zero-order valence-corrected chi connectivity index (χ0v) is 13.8. The number of hydrogen-bond donors (Lipinski definition) is 1. The number of hydrogen-bond acceptors (Lipinski definition) is 5. The van der Waals surface area contributed by atoms with Gasteiger partial charge in [-0.25, -0.2) is 8.42 Å². The average molecular weight is 324 g/mol. The Morgan fingerprint density at radius 2 is 2.00 bits per heavy atom. The van der Waals surface area contributed by atoms with Crippen molar-refractivity contribution >= 4 is 9.84 Å². The van der Waals surface area contributed by atoms with Crippen LogP contribution in [0.3, 0.4) is 0 Å². The van der Waals surface area contributed by atoms with E-state index in [-0.39, 0.29) is 6.10 Å². The standard InChI is InChI=1S/C16H24N2O3S/c1-22(19,20)16-6-2-13(3-7-16)10-17-11-15-12-18(8-9-21-15)14-4-5-14/h2-3,6-7,14-15,17H,4-5,8-12H2,1H3. The van der Waals surface area contributed by atoms with Crippen LogP contribution in [0.15, 0.2) is 29.2 Å². The minimum absolute atomic E-state index is 0.254. The molecule has 1 saturated heterocycles. The van der Waals surface area contributed by atoms with E-state index in [1.807, 2.05) is 12.1 Å². The van der Waals surface area contributed by atoms with Crippen LogP contribution in [-0.2, 0) is 21.1 Å². The van der Waals surface area contributed by atoms with Crippen molar-refractivity contribution in [3.63, 3.8) is 0 Å². The monoisotopic (exact) mass is 324 g/mol. The first-order valence-corrected chi connectivity index (χ1v) is 9.77. The largest absolute Gasteiger partial charge is 0.374 e. The van der Waals surface area contributed by atoms with Gasteiger partial charge in [0.05, 0.1) is 17.6 Å². The number of rotatable bonds is 6. The quantitative estimate of drug-likeness (QED) is 0.847. The van der Waals surface area contributed by atoms with E-state index in [0.29, 0.717) is 4.90 Å². The fourth-order valence-corrected chi connectivity index (χ4v) is 3.50. The first-order valence-electron chi connectivity index (χ1n) is 7.88. The minimum atomic E-state index is -3.11. The summed E-state index contributed by atoms with van der Waals surface area (Å²) in [5.74, 6) is 0. The van der Waals surface area contributed by atoms with E-state index in [2.05, 4.69) is 10.2 Å². The zero-order valence-electron chi connectivity index (χ0n) is 13.0. The number of morpholine rings is 1. The number of nitrogens with zero attached hydrogens (tertiary/aromatic N) is 1. The maximum Gasteiger partial charge on any atom is 0.175 e. The van der Waals surface area contributed by atoms with Crippen LogP contribution in [0.5, 0.6) is 0 Å². The lowest BCUT2D eigenvalue weighted by molar-refractivity contribution is -0.0301. The highest BCUT2D eigenvalue weighted by Gasteiger charge is 2.32. The van der Waals surface area contributed by atoms with Gasteiger partial charge in [-0.05, 0) is 30.5 Å². The highest BCUT2D eigenvalue weighted by Crippen LogP contribution is 2.28. The van der Waals surface area contributed by atoms with Gasteiger partial charge in [0, 0.05) is 38.5 Å². The molecule has 1 atom stereocenters. The Labute approximate surface area is 132 Å². The van der Waals surface area contributed by atoms with Crippen molar-refractivity contribution in [1.29, 1.82) is 0 Å². The molecule has 1 saturated carbocycles. The van der Waals surface area contributed by atoms with E-state index in [1.54, 1.807) is 12.1 Å². The second kappa shape index (κ2) is 6.66. The molecule has 2 fully saturated rings. The number of nitrogens with one attached hydrogen (secondary N) is 1. The average Bonchev–Trinajstić information content (AvgIpc) is 3.32. The van der Waals surface area contributed by atoms with Gasteiger partial charge in [-0.1, -0.05) is 12.1 Å². The Morgan fingerprint density at radius 1 is 1.27 bits per heavy atom. The summed E-state index contributed by atoms with van der Waals surface area (Å²) in [5, 5.41) is 3.41. The lowest BCUT2D eigenvalue weighted by atomic mass is 10.2. The van der Waals surface area contributed by atoms with Crippen LogP contribution in [0.1, 0.15) is 18.4 Å². The topological polar surface area (TPSA) is 58.6 Å². The molecule has 0 aromatic heterocycles. The third kappa shape index (κ3) is 4.29. The van der Waals surface area contributed by atoms with Crippen molar-refractivity contribution in [2.24, 2.45) is 0 Å². The van der Waals surface area contributed by atoms with Crippen molar-refractivity contribution in [1.82, 2.24) is 10.2 Å². The molecule has 1 aliphatic heterocycles. The molecule has 1 aromatic carbocycles. The molecule has 1 aromatic rings. The second-order valence-corrected chi connectivity index (χ2v) is 8.28. The molecule has 22 heavy (non-hydrogen) atoms. The predicted molar refractivity (Wildman–Crippen MR) is 85.6 cm³/mol. The van der Waals surface area contributed by atoms with Crippen LogP contribution in [0, 0.1) is 0 Å². The number of sulfone groups is 1. The first-order chi connectivity index (χ1) is 10.5. The van der Waals surface area contributed by atoms with Gasteiger partial charge in [0.25, 0.3) is 0 Å². The molecule has 1 unspecified atom stereocenters. The Morgan fingerprint density at radius 3 is 2.64 bits per heavy atom. The van der Waals surface area contributed by atoms with Gasteiger partial charge in [-0.2, -0.15) is 0 Å². The minimum Gasteiger partial charge on any atom is -0.374 e. The van der Waals surface area contributed by atoms with Gasteiger partial charge in [-0.15, -0.1) is 0 Å². The molecule has 1 aliphatic carbocycles. The SMILES string of the molecule is CS(=O)(=O)c1ccc(CNCC2CN(C3CC3)CCO2)cc1. The van der Waals surface area contributed by atoms with Gasteiger partial charge in [0.15, 0.2) is 9.84 Å². The maximum atomic E-state index is 11.4. The second-order valence-electron chi connectivity index (χ2n) is 6.27. The predicted octanol–water partition coefficient (Wildman–Crippen LogP) is 1.04. The summed E-state index contributed by atoms with van der Waals surface area (Å²) < 4.78 is 28.6. The zero-order chi connectivity index (χ0) is 15.6. The lowest BCUT2D eigenvalue weighted by Gasteiger charge is -2.33. The smallest absolute Gasteiger partial charge is 0.175 e. The van der Waals surface area contributed by atoms with Crippen molar-refractivity contribution in [3.8, 4) is 0 Å². The lowest BCUT2D eigenvalue weighted by Crippen LogP contribution is -2.47. The van der Waals surface area contributed by atoms with Gasteiger partial charge in [0.1, 0.15) is 0 Å². The van der Waals surface area contributed by atoms with Crippen LogP contribution in [-0.4, -0.2) is 58.0 Å². The normalized spacial score (nSPS) is 23.6. The third-order valence-corrected chi connectivity index (χ3v) is 5.41. The summed E-state index contributed by atoms with van der Waals surface area (Å²) >= 11 is 0. The molecular formula is C16H24N2O3S. The molecular weight excluding hydrogens is 300 g/mol. The number of ether oxygens (including phenoxy) is 1. The molecule has 0 radical (unpaired) electrons. The van der Waals surface area contributed by atoms with Crippen LogP contribution >= 0.6 is 0 Å². The van der Waals surface area contributed by atoms with Crippen LogP contribution in [0.25, 0.3) is 0 Å². The van der Waals surface area contributed by atoms with E-state index in [4.69, 9.17) is 4.74 Å². The van der Waals surface area contributed by atoms with E-state index in [0.717, 1.165) is 44.4 Å². The summed E-state index contributed by atoms with van der Waals surface area (Å²) in [6, 6.07) is 7.86. The van der Waals surface area contributed by atoms with E-state index < -0.39 is 9.84 Å². The molecule has 0 amide bonds. The highest BCUT2D eigenvalue weighted by molar-refractivity contribution is 7.90. The summed E-state index contributed by atoms with van der Waals surface area (Å²) in [6.07, 6.45) is 4.16. The Hall–Kier alpha value is -0.950. The molecule has 1 N–H and O–H groups in total. The molecule has 0 bridgehead atoms. The fraction of sp³-hybridized carbons (Fsp3) is 0.625. The van der Waals surface area contributed by atoms with E-state index in [1.165, 1.54) is 19.1 Å². The van der Waals surface area contributed by atoms with Crippen LogP contribution in [0.4, 0.5) is 0 Å². The van der Waals surface area contributed by atoms with Gasteiger partial charge < -0.3 is 10.1 Å². The summed E-state index contributed by atoms with van der Waals surface area (Å²) in [4.78, 5) is 2.91. The van der Waals surface area contributed by atoms with Gasteiger partial charge in [0.2, 0.25) is 0 Å². The van der Waals surface area contributed by atoms with E-state index in [9.17, 15) is 8.42 Å². The van der Waals surface area contributed by atoms with Crippen molar-refractivity contribution < 1.29 is 13.2 Å². The molecule has 2 aliphatic rings. The van der Waals surface area contributed by atoms with Crippen molar-refractivity contribution in [3.05, 3.63) is 29.8 Å². The maximum absolute atomic E-state index is 11.4. The van der Waals surface area contributed by atoms with Gasteiger partial charge in [-0.3, -0.25) is 4.90 Å². The summed E-state index contributed by atoms with van der Waals surface area (Å²) in [6.45, 7) is 4.47. The molecule has 5 nitrogen and oxygen atoms in total. The molecule has 122 valence electrons. The van der Waals surface area contributed by atoms with Crippen molar-refractivity contribution in [2.45, 2.75) is 36.4 Å². The molecule has 6 heteroatoms.